The number of hydrogen-bond acceptors (Lipinski definition) is 8. The number of nitrogens with one attached hydrogen (secondary N) is 1. The molecule has 0 unspecified atom stereocenters. The third kappa shape index (κ3) is 5.76. The molecule has 188 valence electrons. The van der Waals surface area contributed by atoms with Gasteiger partial charge in [0.05, 0.1) is 24.1 Å². The van der Waals surface area contributed by atoms with Gasteiger partial charge in [-0.15, -0.1) is 0 Å². The summed E-state index contributed by atoms with van der Waals surface area (Å²) in [7, 11) is 0. The number of carbonyl (C=O) groups is 1. The number of amides is 1. The first-order valence-corrected chi connectivity index (χ1v) is 13.4. The van der Waals surface area contributed by atoms with E-state index in [4.69, 9.17) is 19.6 Å². The Kier molecular flexibility index (Phi) is 8.37. The highest BCUT2D eigenvalue weighted by molar-refractivity contribution is 8.19. The Bertz CT molecular complexity index is 1270. The number of nitrogens with zero attached hydrogens (tertiary/aromatic N) is 3. The Labute approximate surface area is 219 Å². The molecule has 8 nitrogen and oxygen atoms in total. The number of rotatable bonds is 9. The maximum Gasteiger partial charge on any atom is 0.283 e. The Balaban J connectivity index is 1.47. The molecular formula is C26H28N4O4S2. The second kappa shape index (κ2) is 11.7. The number of benzene rings is 2. The van der Waals surface area contributed by atoms with Crippen molar-refractivity contribution in [2.75, 3.05) is 25.6 Å². The summed E-state index contributed by atoms with van der Waals surface area (Å²) in [5.41, 5.74) is 3.18. The molecule has 0 fully saturated rings. The minimum atomic E-state index is -0.460. The normalized spacial score (nSPS) is 16.1. The van der Waals surface area contributed by atoms with Crippen LogP contribution in [0.2, 0.25) is 0 Å². The third-order valence-corrected chi connectivity index (χ3v) is 6.91. The molecule has 2 aliphatic heterocycles. The molecule has 36 heavy (non-hydrogen) atoms. The van der Waals surface area contributed by atoms with Crippen molar-refractivity contribution >= 4 is 51.9 Å². The van der Waals surface area contributed by atoms with Crippen LogP contribution in [0.1, 0.15) is 30.5 Å². The quantitative estimate of drug-likeness (QED) is 0.263. The Morgan fingerprint density at radius 2 is 1.78 bits per heavy atom. The van der Waals surface area contributed by atoms with Crippen molar-refractivity contribution in [3.63, 3.8) is 0 Å². The van der Waals surface area contributed by atoms with Gasteiger partial charge in [0.15, 0.2) is 16.7 Å². The topological polar surface area (TPSA) is 96.6 Å². The first-order valence-electron chi connectivity index (χ1n) is 11.6. The molecule has 0 atom stereocenters. The molecule has 0 aliphatic carbocycles. The molecule has 0 saturated heterocycles. The van der Waals surface area contributed by atoms with E-state index < -0.39 is 5.91 Å². The molecule has 2 aromatic rings. The van der Waals surface area contributed by atoms with E-state index in [9.17, 15) is 4.79 Å². The Hall–Kier alpha value is -3.24. The minimum absolute atomic E-state index is 0.0662. The van der Waals surface area contributed by atoms with Crippen LogP contribution in [0.5, 0.6) is 17.2 Å². The lowest BCUT2D eigenvalue weighted by Gasteiger charge is -2.24. The van der Waals surface area contributed by atoms with Crippen LogP contribution in [0.4, 0.5) is 0 Å². The van der Waals surface area contributed by atoms with E-state index in [1.165, 1.54) is 17.3 Å². The lowest BCUT2D eigenvalue weighted by atomic mass is 10.1. The molecule has 0 aromatic heterocycles. The third-order valence-electron chi connectivity index (χ3n) is 5.28. The SMILES string of the molecule is CCOc1cc(/C=C2/C(=N)N3C(SCC)=NSC3=NC2=O)ccc1OCCOc1ccc(C)cc1C. The maximum absolute atomic E-state index is 12.7. The molecular weight excluding hydrogens is 496 g/mol. The summed E-state index contributed by atoms with van der Waals surface area (Å²) in [6.45, 7) is 9.17. The van der Waals surface area contributed by atoms with Gasteiger partial charge in [0, 0.05) is 0 Å². The van der Waals surface area contributed by atoms with Crippen molar-refractivity contribution in [1.29, 1.82) is 5.41 Å². The van der Waals surface area contributed by atoms with Gasteiger partial charge in [0.2, 0.25) is 5.17 Å². The summed E-state index contributed by atoms with van der Waals surface area (Å²) in [6.07, 6.45) is 1.65. The Morgan fingerprint density at radius 3 is 2.50 bits per heavy atom. The van der Waals surface area contributed by atoms with Gasteiger partial charge in [0.25, 0.3) is 5.91 Å². The number of hydrogen-bond donors (Lipinski definition) is 1. The first-order chi connectivity index (χ1) is 17.4. The van der Waals surface area contributed by atoms with Crippen LogP contribution < -0.4 is 14.2 Å². The number of fused-ring (bicyclic) bond motifs is 1. The fourth-order valence-electron chi connectivity index (χ4n) is 3.66. The van der Waals surface area contributed by atoms with Gasteiger partial charge in [-0.2, -0.15) is 9.39 Å². The van der Waals surface area contributed by atoms with E-state index >= 15 is 0 Å². The van der Waals surface area contributed by atoms with Crippen LogP contribution in [0, 0.1) is 19.3 Å². The van der Waals surface area contributed by atoms with Crippen molar-refractivity contribution in [3.05, 3.63) is 58.7 Å². The Morgan fingerprint density at radius 1 is 1.03 bits per heavy atom. The lowest BCUT2D eigenvalue weighted by Crippen LogP contribution is -2.41. The molecule has 4 rings (SSSR count). The first kappa shape index (κ1) is 25.8. The van der Waals surface area contributed by atoms with Gasteiger partial charge in [-0.3, -0.25) is 10.2 Å². The molecule has 0 saturated carbocycles. The minimum Gasteiger partial charge on any atom is -0.490 e. The number of carbonyl (C=O) groups excluding carboxylic acids is 1. The molecule has 10 heteroatoms. The van der Waals surface area contributed by atoms with Gasteiger partial charge >= 0.3 is 0 Å². The highest BCUT2D eigenvalue weighted by Gasteiger charge is 2.37. The summed E-state index contributed by atoms with van der Waals surface area (Å²) in [5.74, 6) is 2.38. The highest BCUT2D eigenvalue weighted by atomic mass is 32.2. The summed E-state index contributed by atoms with van der Waals surface area (Å²) in [5, 5.41) is 9.70. The molecule has 1 N–H and O–H groups in total. The zero-order valence-corrected chi connectivity index (χ0v) is 22.3. The lowest BCUT2D eigenvalue weighted by molar-refractivity contribution is -0.114. The van der Waals surface area contributed by atoms with Gasteiger partial charge in [-0.25, -0.2) is 4.90 Å². The van der Waals surface area contributed by atoms with E-state index in [0.717, 1.165) is 29.0 Å². The van der Waals surface area contributed by atoms with Crippen LogP contribution in [-0.2, 0) is 4.79 Å². The predicted octanol–water partition coefficient (Wildman–Crippen LogP) is 5.49. The zero-order chi connectivity index (χ0) is 25.7. The zero-order valence-electron chi connectivity index (χ0n) is 20.7. The van der Waals surface area contributed by atoms with Gasteiger partial charge in [-0.05, 0) is 61.9 Å². The van der Waals surface area contributed by atoms with Crippen LogP contribution in [0.15, 0.2) is 51.4 Å². The fraction of sp³-hybridized carbons (Fsp3) is 0.308. The van der Waals surface area contributed by atoms with E-state index in [1.54, 1.807) is 23.1 Å². The number of aryl methyl sites for hydroxylation is 2. The standard InChI is InChI=1S/C26H28N4O4S2/c1-5-32-22-15-18(8-10-21(22)34-12-11-33-20-9-7-16(3)13-17(20)4)14-19-23(27)30-25(28-24(19)31)36-29-26(30)35-6-2/h7-10,13-15,27H,5-6,11-12H2,1-4H3/b19-14-,27-23?. The molecule has 0 spiro atoms. The molecule has 0 radical (unpaired) electrons. The van der Waals surface area contributed by atoms with Crippen molar-refractivity contribution in [2.45, 2.75) is 27.7 Å². The maximum atomic E-state index is 12.7. The molecule has 2 aromatic carbocycles. The highest BCUT2D eigenvalue weighted by Crippen LogP contribution is 2.33. The largest absolute Gasteiger partial charge is 0.490 e. The van der Waals surface area contributed by atoms with Crippen molar-refractivity contribution in [1.82, 2.24) is 4.90 Å². The predicted molar refractivity (Wildman–Crippen MR) is 148 cm³/mol. The van der Waals surface area contributed by atoms with Crippen LogP contribution in [0.25, 0.3) is 6.08 Å². The van der Waals surface area contributed by atoms with E-state index in [1.807, 2.05) is 39.0 Å². The number of ether oxygens (including phenoxy) is 3. The van der Waals surface area contributed by atoms with Crippen LogP contribution in [0.3, 0.4) is 0 Å². The molecule has 2 heterocycles. The number of aliphatic imine (C=N–C) groups is 1. The van der Waals surface area contributed by atoms with E-state index in [0.29, 0.717) is 47.2 Å². The molecule has 2 aliphatic rings. The van der Waals surface area contributed by atoms with Crippen LogP contribution >= 0.6 is 23.7 Å². The van der Waals surface area contributed by atoms with Crippen molar-refractivity contribution in [3.8, 4) is 17.2 Å². The molecule has 0 bridgehead atoms. The van der Waals surface area contributed by atoms with Crippen molar-refractivity contribution < 1.29 is 19.0 Å². The van der Waals surface area contributed by atoms with Gasteiger partial charge < -0.3 is 14.2 Å². The average molecular weight is 525 g/mol. The fourth-order valence-corrected chi connectivity index (χ4v) is 5.23. The second-order valence-corrected chi connectivity index (χ2v) is 9.91. The second-order valence-electron chi connectivity index (χ2n) is 7.94. The summed E-state index contributed by atoms with van der Waals surface area (Å²) >= 11 is 2.62. The molecule has 1 amide bonds. The van der Waals surface area contributed by atoms with Gasteiger partial charge in [0.1, 0.15) is 24.8 Å². The summed E-state index contributed by atoms with van der Waals surface area (Å²) in [6, 6.07) is 11.5. The summed E-state index contributed by atoms with van der Waals surface area (Å²) in [4.78, 5) is 18.4. The van der Waals surface area contributed by atoms with E-state index in [2.05, 4.69) is 22.4 Å². The number of amidine groups is 3. The van der Waals surface area contributed by atoms with E-state index in [-0.39, 0.29) is 11.4 Å². The monoisotopic (exact) mass is 524 g/mol. The van der Waals surface area contributed by atoms with Crippen molar-refractivity contribution in [2.24, 2.45) is 9.39 Å². The van der Waals surface area contributed by atoms with Crippen LogP contribution in [-0.4, -0.2) is 52.6 Å². The summed E-state index contributed by atoms with van der Waals surface area (Å²) < 4.78 is 21.9. The smallest absolute Gasteiger partial charge is 0.283 e. The average Bonchev–Trinajstić information content (AvgIpc) is 3.24. The van der Waals surface area contributed by atoms with Gasteiger partial charge in [-0.1, -0.05) is 42.4 Å². The number of thioether (sulfide) groups is 1.